The lowest BCUT2D eigenvalue weighted by Crippen LogP contribution is -2.13. The van der Waals surface area contributed by atoms with Crippen LogP contribution in [-0.4, -0.2) is 19.5 Å². The Kier molecular flexibility index (Phi) is 3.78. The van der Waals surface area contributed by atoms with E-state index in [4.69, 9.17) is 5.11 Å². The predicted octanol–water partition coefficient (Wildman–Crippen LogP) is 2.69. The number of hydrogen-bond donors (Lipinski definition) is 2. The first-order chi connectivity index (χ1) is 9.29. The van der Waals surface area contributed by atoms with Gasteiger partial charge in [-0.25, -0.2) is 17.6 Å². The number of carbonyl (C=O) groups is 1. The lowest BCUT2D eigenvalue weighted by Gasteiger charge is -2.09. The fraction of sp³-hybridized carbons (Fsp3) is 0.0833. The molecule has 0 atom stereocenters. The number of nitrogens with one attached hydrogen (secondary N) is 1. The van der Waals surface area contributed by atoms with Crippen LogP contribution in [0.15, 0.2) is 34.5 Å². The van der Waals surface area contributed by atoms with Crippen molar-refractivity contribution in [3.63, 3.8) is 0 Å². The second kappa shape index (κ2) is 5.22. The molecule has 106 valence electrons. The SMILES string of the molecule is Cc1cc(F)ccc1NS(=O)(=O)c1csc(C(=O)O)c1. The predicted molar refractivity (Wildman–Crippen MR) is 73.2 cm³/mol. The molecule has 0 aliphatic heterocycles. The van der Waals surface area contributed by atoms with E-state index in [2.05, 4.69) is 4.72 Å². The summed E-state index contributed by atoms with van der Waals surface area (Å²) in [5, 5.41) is 10.0. The molecule has 2 aromatic rings. The average molecular weight is 315 g/mol. The zero-order chi connectivity index (χ0) is 14.9. The molecule has 0 saturated heterocycles. The quantitative estimate of drug-likeness (QED) is 0.908. The summed E-state index contributed by atoms with van der Waals surface area (Å²) in [4.78, 5) is 10.5. The van der Waals surface area contributed by atoms with Crippen molar-refractivity contribution in [1.82, 2.24) is 0 Å². The highest BCUT2D eigenvalue weighted by Crippen LogP contribution is 2.24. The number of aryl methyl sites for hydroxylation is 1. The first kappa shape index (κ1) is 14.5. The Hall–Kier alpha value is -1.93. The first-order valence-corrected chi connectivity index (χ1v) is 7.76. The molecule has 0 fully saturated rings. The van der Waals surface area contributed by atoms with Crippen molar-refractivity contribution in [2.45, 2.75) is 11.8 Å². The monoisotopic (exact) mass is 315 g/mol. The summed E-state index contributed by atoms with van der Waals surface area (Å²) < 4.78 is 39.4. The van der Waals surface area contributed by atoms with Crippen LogP contribution in [-0.2, 0) is 10.0 Å². The van der Waals surface area contributed by atoms with E-state index < -0.39 is 21.8 Å². The number of rotatable bonds is 4. The fourth-order valence-corrected chi connectivity index (χ4v) is 3.76. The highest BCUT2D eigenvalue weighted by molar-refractivity contribution is 7.92. The largest absolute Gasteiger partial charge is 0.477 e. The Morgan fingerprint density at radius 1 is 1.35 bits per heavy atom. The zero-order valence-corrected chi connectivity index (χ0v) is 11.9. The van der Waals surface area contributed by atoms with Crippen LogP contribution in [0.2, 0.25) is 0 Å². The van der Waals surface area contributed by atoms with Crippen molar-refractivity contribution in [2.24, 2.45) is 0 Å². The normalized spacial score (nSPS) is 11.3. The van der Waals surface area contributed by atoms with E-state index in [-0.39, 0.29) is 15.5 Å². The van der Waals surface area contributed by atoms with Crippen LogP contribution in [0.4, 0.5) is 10.1 Å². The van der Waals surface area contributed by atoms with Gasteiger partial charge in [0.1, 0.15) is 10.7 Å². The number of hydrogen-bond acceptors (Lipinski definition) is 4. The maximum atomic E-state index is 13.0. The van der Waals surface area contributed by atoms with Gasteiger partial charge in [0.15, 0.2) is 0 Å². The Morgan fingerprint density at radius 3 is 2.60 bits per heavy atom. The summed E-state index contributed by atoms with van der Waals surface area (Å²) in [6.07, 6.45) is 0. The lowest BCUT2D eigenvalue weighted by molar-refractivity contribution is 0.0702. The number of sulfonamides is 1. The van der Waals surface area contributed by atoms with Gasteiger partial charge in [-0.2, -0.15) is 0 Å². The van der Waals surface area contributed by atoms with Crippen LogP contribution >= 0.6 is 11.3 Å². The van der Waals surface area contributed by atoms with Crippen molar-refractivity contribution in [1.29, 1.82) is 0 Å². The topological polar surface area (TPSA) is 83.5 Å². The Bertz CT molecular complexity index is 768. The van der Waals surface area contributed by atoms with E-state index >= 15 is 0 Å². The molecule has 0 unspecified atom stereocenters. The smallest absolute Gasteiger partial charge is 0.345 e. The van der Waals surface area contributed by atoms with Gasteiger partial charge in [-0.15, -0.1) is 11.3 Å². The van der Waals surface area contributed by atoms with Crippen LogP contribution in [0.5, 0.6) is 0 Å². The number of anilines is 1. The maximum Gasteiger partial charge on any atom is 0.345 e. The fourth-order valence-electron chi connectivity index (χ4n) is 1.52. The standard InChI is InChI=1S/C12H10FNO4S2/c1-7-4-8(13)2-3-10(7)14-20(17,18)9-5-11(12(15)16)19-6-9/h2-6,14H,1H3,(H,15,16). The Morgan fingerprint density at radius 2 is 2.05 bits per heavy atom. The minimum Gasteiger partial charge on any atom is -0.477 e. The van der Waals surface area contributed by atoms with Crippen LogP contribution in [0.3, 0.4) is 0 Å². The summed E-state index contributed by atoms with van der Waals surface area (Å²) >= 11 is 0.823. The van der Waals surface area contributed by atoms with Gasteiger partial charge in [0.2, 0.25) is 0 Å². The third-order valence-corrected chi connectivity index (χ3v) is 4.94. The number of thiophene rings is 1. The molecule has 0 amide bonds. The van der Waals surface area contributed by atoms with Crippen molar-refractivity contribution in [3.8, 4) is 0 Å². The zero-order valence-electron chi connectivity index (χ0n) is 10.3. The first-order valence-electron chi connectivity index (χ1n) is 5.40. The van der Waals surface area contributed by atoms with E-state index in [0.717, 1.165) is 23.5 Å². The summed E-state index contributed by atoms with van der Waals surface area (Å²) in [5.74, 6) is -1.65. The van der Waals surface area contributed by atoms with Gasteiger partial charge < -0.3 is 5.11 Å². The molecule has 2 rings (SSSR count). The number of carboxylic acids is 1. The number of carboxylic acid groups (broad SMARTS) is 1. The number of aromatic carboxylic acids is 1. The lowest BCUT2D eigenvalue weighted by atomic mass is 10.2. The highest BCUT2D eigenvalue weighted by Gasteiger charge is 2.19. The van der Waals surface area contributed by atoms with Gasteiger partial charge in [-0.3, -0.25) is 4.72 Å². The van der Waals surface area contributed by atoms with Gasteiger partial charge in [-0.05, 0) is 36.8 Å². The maximum absolute atomic E-state index is 13.0. The third kappa shape index (κ3) is 2.97. The second-order valence-electron chi connectivity index (χ2n) is 4.02. The molecular formula is C12H10FNO4S2. The van der Waals surface area contributed by atoms with E-state index in [1.807, 2.05) is 0 Å². The van der Waals surface area contributed by atoms with E-state index in [0.29, 0.717) is 5.56 Å². The van der Waals surface area contributed by atoms with Gasteiger partial charge in [0.25, 0.3) is 10.0 Å². The van der Waals surface area contributed by atoms with Crippen molar-refractivity contribution < 1.29 is 22.7 Å². The average Bonchev–Trinajstić information content (AvgIpc) is 2.83. The van der Waals surface area contributed by atoms with Crippen LogP contribution in [0.25, 0.3) is 0 Å². The van der Waals surface area contributed by atoms with Gasteiger partial charge in [0, 0.05) is 5.38 Å². The highest BCUT2D eigenvalue weighted by atomic mass is 32.2. The molecule has 0 bridgehead atoms. The van der Waals surface area contributed by atoms with Gasteiger partial charge in [-0.1, -0.05) is 0 Å². The van der Waals surface area contributed by atoms with Gasteiger partial charge >= 0.3 is 5.97 Å². The number of halogens is 1. The van der Waals surface area contributed by atoms with Crippen LogP contribution in [0, 0.1) is 12.7 Å². The van der Waals surface area contributed by atoms with Crippen molar-refractivity contribution in [2.75, 3.05) is 4.72 Å². The summed E-state index contributed by atoms with van der Waals surface area (Å²) in [6, 6.07) is 4.73. The van der Waals surface area contributed by atoms with Gasteiger partial charge in [0.05, 0.1) is 10.6 Å². The van der Waals surface area contributed by atoms with Crippen molar-refractivity contribution in [3.05, 3.63) is 45.9 Å². The Labute approximate surface area is 118 Å². The molecule has 2 N–H and O–H groups in total. The van der Waals surface area contributed by atoms with E-state index in [1.165, 1.54) is 17.5 Å². The number of benzene rings is 1. The Balaban J connectivity index is 2.33. The summed E-state index contributed by atoms with van der Waals surface area (Å²) in [7, 11) is -3.89. The molecule has 1 aromatic carbocycles. The third-order valence-electron chi connectivity index (χ3n) is 2.53. The molecule has 0 spiro atoms. The van der Waals surface area contributed by atoms with Crippen LogP contribution < -0.4 is 4.72 Å². The van der Waals surface area contributed by atoms with E-state index in [9.17, 15) is 17.6 Å². The molecule has 0 saturated carbocycles. The summed E-state index contributed by atoms with van der Waals surface area (Å²) in [6.45, 7) is 1.57. The molecule has 1 aromatic heterocycles. The molecule has 5 nitrogen and oxygen atoms in total. The molecular weight excluding hydrogens is 305 g/mol. The van der Waals surface area contributed by atoms with Crippen LogP contribution in [0.1, 0.15) is 15.2 Å². The second-order valence-corrected chi connectivity index (χ2v) is 6.61. The summed E-state index contributed by atoms with van der Waals surface area (Å²) in [5.41, 5.74) is 0.678. The molecule has 0 aliphatic rings. The van der Waals surface area contributed by atoms with Crippen molar-refractivity contribution >= 4 is 33.0 Å². The molecule has 0 aliphatic carbocycles. The minimum atomic E-state index is -3.89. The molecule has 20 heavy (non-hydrogen) atoms. The molecule has 1 heterocycles. The van der Waals surface area contributed by atoms with E-state index in [1.54, 1.807) is 6.92 Å². The minimum absolute atomic E-state index is 0.0683. The molecule has 8 heteroatoms. The molecule has 0 radical (unpaired) electrons.